The third-order valence-electron chi connectivity index (χ3n) is 3.63. The maximum Gasteiger partial charge on any atom is 0.246 e. The number of aromatic nitrogens is 2. The molecule has 1 aromatic heterocycles. The van der Waals surface area contributed by atoms with Gasteiger partial charge in [-0.05, 0) is 30.4 Å². The molecule has 0 amide bonds. The van der Waals surface area contributed by atoms with Gasteiger partial charge in [0.15, 0.2) is 5.82 Å². The molecular weight excluding hydrogens is 250 g/mol. The van der Waals surface area contributed by atoms with Crippen molar-refractivity contribution in [2.75, 3.05) is 11.4 Å². The van der Waals surface area contributed by atoms with Crippen molar-refractivity contribution in [1.29, 1.82) is 0 Å². The highest BCUT2D eigenvalue weighted by Gasteiger charge is 2.19. The maximum atomic E-state index is 5.38. The lowest BCUT2D eigenvalue weighted by Crippen LogP contribution is -2.28. The van der Waals surface area contributed by atoms with Crippen molar-refractivity contribution in [2.24, 2.45) is 5.92 Å². The summed E-state index contributed by atoms with van der Waals surface area (Å²) < 4.78 is 5.38. The Kier molecular flexibility index (Phi) is 3.72. The van der Waals surface area contributed by atoms with Crippen LogP contribution in [0.25, 0.3) is 0 Å². The van der Waals surface area contributed by atoms with Crippen molar-refractivity contribution in [3.63, 3.8) is 0 Å². The number of rotatable bonds is 4. The Labute approximate surface area is 119 Å². The third kappa shape index (κ3) is 2.84. The molecule has 3 rings (SSSR count). The van der Waals surface area contributed by atoms with Gasteiger partial charge in [-0.3, -0.25) is 0 Å². The van der Waals surface area contributed by atoms with Gasteiger partial charge in [-0.1, -0.05) is 37.2 Å². The quantitative estimate of drug-likeness (QED) is 0.856. The molecule has 0 fully saturated rings. The first-order valence-electron chi connectivity index (χ1n) is 7.36. The molecule has 1 aliphatic rings. The van der Waals surface area contributed by atoms with E-state index >= 15 is 0 Å². The molecule has 20 heavy (non-hydrogen) atoms. The molecule has 0 atom stereocenters. The van der Waals surface area contributed by atoms with Crippen LogP contribution >= 0.6 is 0 Å². The molecule has 4 nitrogen and oxygen atoms in total. The third-order valence-corrected chi connectivity index (χ3v) is 3.63. The van der Waals surface area contributed by atoms with Crippen LogP contribution in [-0.4, -0.2) is 16.7 Å². The molecule has 2 heterocycles. The predicted octanol–water partition coefficient (Wildman–Crippen LogP) is 3.22. The van der Waals surface area contributed by atoms with Gasteiger partial charge in [-0.25, -0.2) is 0 Å². The summed E-state index contributed by atoms with van der Waals surface area (Å²) in [5.74, 6) is 2.09. The monoisotopic (exact) mass is 271 g/mol. The molecule has 0 aliphatic carbocycles. The smallest absolute Gasteiger partial charge is 0.246 e. The van der Waals surface area contributed by atoms with Crippen LogP contribution in [0.2, 0.25) is 0 Å². The largest absolute Gasteiger partial charge is 0.362 e. The minimum absolute atomic E-state index is 0.552. The van der Waals surface area contributed by atoms with E-state index in [1.807, 2.05) is 0 Å². The molecule has 0 N–H and O–H groups in total. The second kappa shape index (κ2) is 5.65. The molecule has 0 spiro atoms. The summed E-state index contributed by atoms with van der Waals surface area (Å²) >= 11 is 0. The van der Waals surface area contributed by atoms with Crippen molar-refractivity contribution in [1.82, 2.24) is 10.1 Å². The number of hydrogen-bond acceptors (Lipinski definition) is 4. The number of nitrogens with zero attached hydrogens (tertiary/aromatic N) is 3. The van der Waals surface area contributed by atoms with Gasteiger partial charge in [0.1, 0.15) is 0 Å². The van der Waals surface area contributed by atoms with Crippen LogP contribution in [0.3, 0.4) is 0 Å². The molecule has 2 aromatic rings. The second-order valence-electron chi connectivity index (χ2n) is 5.86. The molecule has 0 saturated heterocycles. The highest BCUT2D eigenvalue weighted by atomic mass is 16.5. The zero-order chi connectivity index (χ0) is 13.9. The van der Waals surface area contributed by atoms with E-state index in [1.54, 1.807) is 0 Å². The molecular formula is C16H21N3O. The molecule has 1 aliphatic heterocycles. The van der Waals surface area contributed by atoms with E-state index < -0.39 is 0 Å². The van der Waals surface area contributed by atoms with E-state index in [2.05, 4.69) is 53.2 Å². The van der Waals surface area contributed by atoms with Gasteiger partial charge in [0.25, 0.3) is 0 Å². The lowest BCUT2D eigenvalue weighted by Gasteiger charge is -2.29. The minimum Gasteiger partial charge on any atom is -0.362 e. The van der Waals surface area contributed by atoms with Crippen LogP contribution < -0.4 is 4.90 Å². The Morgan fingerprint density at radius 1 is 1.30 bits per heavy atom. The van der Waals surface area contributed by atoms with Gasteiger partial charge >= 0.3 is 0 Å². The number of benzene rings is 1. The van der Waals surface area contributed by atoms with Crippen LogP contribution in [-0.2, 0) is 19.4 Å². The highest BCUT2D eigenvalue weighted by Crippen LogP contribution is 2.27. The summed E-state index contributed by atoms with van der Waals surface area (Å²) in [6, 6.07) is 8.59. The first kappa shape index (κ1) is 13.2. The topological polar surface area (TPSA) is 42.2 Å². The van der Waals surface area contributed by atoms with Crippen molar-refractivity contribution in [3.05, 3.63) is 41.5 Å². The van der Waals surface area contributed by atoms with E-state index in [0.717, 1.165) is 31.1 Å². The number of fused-ring (bicyclic) bond motifs is 1. The van der Waals surface area contributed by atoms with Crippen molar-refractivity contribution in [2.45, 2.75) is 39.7 Å². The van der Waals surface area contributed by atoms with Gasteiger partial charge in [0.2, 0.25) is 5.89 Å². The molecule has 0 saturated carbocycles. The molecule has 1 aromatic carbocycles. The number of anilines is 1. The van der Waals surface area contributed by atoms with Crippen LogP contribution in [0, 0.1) is 5.92 Å². The van der Waals surface area contributed by atoms with Crippen molar-refractivity contribution in [3.8, 4) is 0 Å². The molecule has 106 valence electrons. The number of para-hydroxylation sites is 1. The predicted molar refractivity (Wildman–Crippen MR) is 78.7 cm³/mol. The lowest BCUT2D eigenvalue weighted by atomic mass is 10.0. The summed E-state index contributed by atoms with van der Waals surface area (Å²) in [6.45, 7) is 6.09. The minimum atomic E-state index is 0.552. The van der Waals surface area contributed by atoms with Gasteiger partial charge < -0.3 is 9.42 Å². The second-order valence-corrected chi connectivity index (χ2v) is 5.86. The SMILES string of the molecule is CC(C)Cc1noc(CN2CCCc3ccccc32)n1. The van der Waals surface area contributed by atoms with E-state index in [4.69, 9.17) is 4.52 Å². The summed E-state index contributed by atoms with van der Waals surface area (Å²) in [7, 11) is 0. The van der Waals surface area contributed by atoms with Crippen LogP contribution in [0.5, 0.6) is 0 Å². The summed E-state index contributed by atoms with van der Waals surface area (Å²) in [5, 5.41) is 4.07. The molecule has 0 radical (unpaired) electrons. The average molecular weight is 271 g/mol. The first-order valence-corrected chi connectivity index (χ1v) is 7.36. The maximum absolute atomic E-state index is 5.38. The zero-order valence-corrected chi connectivity index (χ0v) is 12.2. The lowest BCUT2D eigenvalue weighted by molar-refractivity contribution is 0.368. The Morgan fingerprint density at radius 3 is 3.00 bits per heavy atom. The average Bonchev–Trinajstić information content (AvgIpc) is 2.86. The van der Waals surface area contributed by atoms with E-state index in [0.29, 0.717) is 12.5 Å². The van der Waals surface area contributed by atoms with Gasteiger partial charge in [0, 0.05) is 18.7 Å². The Balaban J connectivity index is 1.74. The zero-order valence-electron chi connectivity index (χ0n) is 12.2. The molecule has 0 unspecified atom stereocenters. The Bertz CT molecular complexity index is 577. The van der Waals surface area contributed by atoms with Gasteiger partial charge in [-0.2, -0.15) is 4.98 Å². The number of hydrogen-bond donors (Lipinski definition) is 0. The first-order chi connectivity index (χ1) is 9.72. The standard InChI is InChI=1S/C16H21N3O/c1-12(2)10-15-17-16(20-18-15)11-19-9-5-7-13-6-3-4-8-14(13)19/h3-4,6,8,12H,5,7,9-11H2,1-2H3. The summed E-state index contributed by atoms with van der Waals surface area (Å²) in [4.78, 5) is 6.84. The fourth-order valence-corrected chi connectivity index (χ4v) is 2.74. The van der Waals surface area contributed by atoms with E-state index in [-0.39, 0.29) is 0 Å². The van der Waals surface area contributed by atoms with Crippen molar-refractivity contribution < 1.29 is 4.52 Å². The fraction of sp³-hybridized carbons (Fsp3) is 0.500. The molecule has 0 bridgehead atoms. The van der Waals surface area contributed by atoms with E-state index in [1.165, 1.54) is 17.7 Å². The highest BCUT2D eigenvalue weighted by molar-refractivity contribution is 5.55. The van der Waals surface area contributed by atoms with Crippen LogP contribution in [0.15, 0.2) is 28.8 Å². The normalized spacial score (nSPS) is 14.7. The summed E-state index contributed by atoms with van der Waals surface area (Å²) in [6.07, 6.45) is 3.22. The molecule has 4 heteroatoms. The Morgan fingerprint density at radius 2 is 2.15 bits per heavy atom. The van der Waals surface area contributed by atoms with Gasteiger partial charge in [-0.15, -0.1) is 0 Å². The Hall–Kier alpha value is -1.84. The van der Waals surface area contributed by atoms with Crippen molar-refractivity contribution >= 4 is 5.69 Å². The summed E-state index contributed by atoms with van der Waals surface area (Å²) in [5.41, 5.74) is 2.73. The number of aryl methyl sites for hydroxylation is 1. The van der Waals surface area contributed by atoms with E-state index in [9.17, 15) is 0 Å². The van der Waals surface area contributed by atoms with Crippen LogP contribution in [0.1, 0.15) is 37.5 Å². The van der Waals surface area contributed by atoms with Gasteiger partial charge in [0.05, 0.1) is 6.54 Å². The van der Waals surface area contributed by atoms with Crippen LogP contribution in [0.4, 0.5) is 5.69 Å². The fourth-order valence-electron chi connectivity index (χ4n) is 2.74.